The molecule has 0 aliphatic heterocycles. The Balaban J connectivity index is 2.87. The van der Waals surface area contributed by atoms with Crippen molar-refractivity contribution in [3.63, 3.8) is 0 Å². The van der Waals surface area contributed by atoms with Crippen molar-refractivity contribution in [3.8, 4) is 0 Å². The molecule has 1 aliphatic rings. The summed E-state index contributed by atoms with van der Waals surface area (Å²) in [6.45, 7) is 1.91. The minimum absolute atomic E-state index is 0.226. The molecule has 0 amide bonds. The van der Waals surface area contributed by atoms with Crippen LogP contribution in [-0.4, -0.2) is 37.0 Å². The second kappa shape index (κ2) is 5.09. The van der Waals surface area contributed by atoms with Crippen LogP contribution in [0.4, 0.5) is 0 Å². The number of methoxy groups -OCH3 is 2. The number of aliphatic carboxylic acids is 1. The van der Waals surface area contributed by atoms with E-state index in [0.717, 1.165) is 11.6 Å². The molecular formula is C12H16O4. The number of allylic oxidation sites excluding steroid dienone is 3. The summed E-state index contributed by atoms with van der Waals surface area (Å²) in [6, 6.07) is 0. The molecule has 88 valence electrons. The number of hydrogen-bond donors (Lipinski definition) is 1. The minimum atomic E-state index is -0.969. The first-order chi connectivity index (χ1) is 7.51. The van der Waals surface area contributed by atoms with Crippen molar-refractivity contribution in [2.75, 3.05) is 14.2 Å². The van der Waals surface area contributed by atoms with E-state index in [-0.39, 0.29) is 6.10 Å². The molecule has 1 N–H and O–H groups in total. The van der Waals surface area contributed by atoms with Crippen molar-refractivity contribution in [2.45, 2.75) is 18.6 Å². The summed E-state index contributed by atoms with van der Waals surface area (Å²) in [7, 11) is 3.21. The molecule has 4 heteroatoms. The Morgan fingerprint density at radius 1 is 1.56 bits per heavy atom. The lowest BCUT2D eigenvalue weighted by Gasteiger charge is -2.33. The van der Waals surface area contributed by atoms with Crippen LogP contribution >= 0.6 is 0 Å². The van der Waals surface area contributed by atoms with Gasteiger partial charge in [-0.25, -0.2) is 4.79 Å². The van der Waals surface area contributed by atoms with E-state index in [0.29, 0.717) is 0 Å². The van der Waals surface area contributed by atoms with Crippen LogP contribution in [0.15, 0.2) is 36.0 Å². The number of ether oxygens (including phenoxy) is 2. The summed E-state index contributed by atoms with van der Waals surface area (Å²) in [5, 5.41) is 8.52. The Hall–Kier alpha value is -1.39. The molecule has 0 spiro atoms. The van der Waals surface area contributed by atoms with E-state index in [2.05, 4.69) is 0 Å². The summed E-state index contributed by atoms with van der Waals surface area (Å²) in [4.78, 5) is 10.4. The Bertz CT molecular complexity index is 354. The predicted octanol–water partition coefficient (Wildman–Crippen LogP) is 1.54. The second-order valence-electron chi connectivity index (χ2n) is 3.72. The number of carboxylic acid groups (broad SMARTS) is 1. The highest BCUT2D eigenvalue weighted by Crippen LogP contribution is 2.26. The van der Waals surface area contributed by atoms with Crippen LogP contribution < -0.4 is 0 Å². The molecule has 0 aromatic rings. The fraction of sp³-hybridized carbons (Fsp3) is 0.417. The van der Waals surface area contributed by atoms with Crippen LogP contribution in [0, 0.1) is 0 Å². The highest BCUT2D eigenvalue weighted by atomic mass is 16.5. The molecule has 2 atom stereocenters. The first-order valence-corrected chi connectivity index (χ1v) is 4.92. The van der Waals surface area contributed by atoms with E-state index in [1.807, 2.05) is 25.2 Å². The van der Waals surface area contributed by atoms with Crippen LogP contribution in [0.3, 0.4) is 0 Å². The number of carbonyl (C=O) groups is 1. The summed E-state index contributed by atoms with van der Waals surface area (Å²) < 4.78 is 10.7. The molecule has 4 nitrogen and oxygen atoms in total. The summed E-state index contributed by atoms with van der Waals surface area (Å²) in [6.07, 6.45) is 7.92. The zero-order chi connectivity index (χ0) is 12.2. The van der Waals surface area contributed by atoms with Crippen molar-refractivity contribution >= 4 is 5.97 Å². The lowest BCUT2D eigenvalue weighted by molar-refractivity contribution is -0.131. The molecule has 2 unspecified atom stereocenters. The molecule has 0 aromatic carbocycles. The van der Waals surface area contributed by atoms with Crippen molar-refractivity contribution in [1.82, 2.24) is 0 Å². The van der Waals surface area contributed by atoms with Gasteiger partial charge >= 0.3 is 5.97 Å². The van der Waals surface area contributed by atoms with E-state index < -0.39 is 11.6 Å². The topological polar surface area (TPSA) is 55.8 Å². The molecule has 0 heterocycles. The molecule has 16 heavy (non-hydrogen) atoms. The SMILES string of the molecule is COC1C=C(C=CC(=O)O)C=CC1(C)OC. The van der Waals surface area contributed by atoms with E-state index in [9.17, 15) is 4.79 Å². The van der Waals surface area contributed by atoms with Gasteiger partial charge < -0.3 is 14.6 Å². The Morgan fingerprint density at radius 3 is 2.75 bits per heavy atom. The molecule has 1 rings (SSSR count). The van der Waals surface area contributed by atoms with Crippen molar-refractivity contribution in [1.29, 1.82) is 0 Å². The summed E-state index contributed by atoms with van der Waals surface area (Å²) in [5.74, 6) is -0.969. The highest BCUT2D eigenvalue weighted by Gasteiger charge is 2.32. The minimum Gasteiger partial charge on any atom is -0.478 e. The summed E-state index contributed by atoms with van der Waals surface area (Å²) in [5.41, 5.74) is 0.291. The molecule has 0 bridgehead atoms. The average molecular weight is 224 g/mol. The molecular weight excluding hydrogens is 208 g/mol. The van der Waals surface area contributed by atoms with Gasteiger partial charge in [-0.15, -0.1) is 0 Å². The maximum Gasteiger partial charge on any atom is 0.328 e. The molecule has 0 fully saturated rings. The maximum absolute atomic E-state index is 10.4. The fourth-order valence-electron chi connectivity index (χ4n) is 1.52. The highest BCUT2D eigenvalue weighted by molar-refractivity contribution is 5.80. The van der Waals surface area contributed by atoms with Gasteiger partial charge in [0.1, 0.15) is 11.7 Å². The van der Waals surface area contributed by atoms with Gasteiger partial charge in [-0.3, -0.25) is 0 Å². The van der Waals surface area contributed by atoms with Gasteiger partial charge in [0, 0.05) is 20.3 Å². The van der Waals surface area contributed by atoms with Crippen LogP contribution in [-0.2, 0) is 14.3 Å². The van der Waals surface area contributed by atoms with Gasteiger partial charge in [0.25, 0.3) is 0 Å². The lowest BCUT2D eigenvalue weighted by atomic mass is 9.90. The monoisotopic (exact) mass is 224 g/mol. The van der Waals surface area contributed by atoms with Gasteiger partial charge in [0.2, 0.25) is 0 Å². The quantitative estimate of drug-likeness (QED) is 0.736. The third-order valence-corrected chi connectivity index (χ3v) is 2.63. The normalized spacial score (nSPS) is 29.4. The van der Waals surface area contributed by atoms with E-state index in [4.69, 9.17) is 14.6 Å². The largest absolute Gasteiger partial charge is 0.478 e. The zero-order valence-corrected chi connectivity index (χ0v) is 9.64. The second-order valence-corrected chi connectivity index (χ2v) is 3.72. The van der Waals surface area contributed by atoms with Crippen molar-refractivity contribution in [3.05, 3.63) is 36.0 Å². The zero-order valence-electron chi connectivity index (χ0n) is 9.64. The van der Waals surface area contributed by atoms with E-state index in [1.54, 1.807) is 14.2 Å². The molecule has 0 saturated heterocycles. The standard InChI is InChI=1S/C12H16O4/c1-12(16-3)7-6-9(4-5-11(13)14)8-10(12)15-2/h4-8,10H,1-3H3,(H,13,14). The van der Waals surface area contributed by atoms with E-state index >= 15 is 0 Å². The molecule has 1 aliphatic carbocycles. The summed E-state index contributed by atoms with van der Waals surface area (Å²) >= 11 is 0. The Labute approximate surface area is 94.9 Å². The van der Waals surface area contributed by atoms with Crippen LogP contribution in [0.2, 0.25) is 0 Å². The van der Waals surface area contributed by atoms with Gasteiger partial charge in [0.05, 0.1) is 0 Å². The van der Waals surface area contributed by atoms with Crippen molar-refractivity contribution < 1.29 is 19.4 Å². The van der Waals surface area contributed by atoms with Gasteiger partial charge in [-0.1, -0.05) is 6.08 Å². The lowest BCUT2D eigenvalue weighted by Crippen LogP contribution is -2.41. The third kappa shape index (κ3) is 2.81. The van der Waals surface area contributed by atoms with Crippen LogP contribution in [0.1, 0.15) is 6.92 Å². The fourth-order valence-corrected chi connectivity index (χ4v) is 1.52. The third-order valence-electron chi connectivity index (χ3n) is 2.63. The van der Waals surface area contributed by atoms with Crippen molar-refractivity contribution in [2.24, 2.45) is 0 Å². The van der Waals surface area contributed by atoms with E-state index in [1.165, 1.54) is 6.08 Å². The first kappa shape index (κ1) is 12.7. The smallest absolute Gasteiger partial charge is 0.328 e. The average Bonchev–Trinajstić information content (AvgIpc) is 2.27. The molecule has 0 saturated carbocycles. The van der Waals surface area contributed by atoms with Crippen LogP contribution in [0.25, 0.3) is 0 Å². The van der Waals surface area contributed by atoms with Crippen LogP contribution in [0.5, 0.6) is 0 Å². The number of carboxylic acids is 1. The molecule has 0 radical (unpaired) electrons. The first-order valence-electron chi connectivity index (χ1n) is 4.92. The van der Waals surface area contributed by atoms with Gasteiger partial charge in [-0.05, 0) is 30.7 Å². The number of rotatable bonds is 4. The number of hydrogen-bond acceptors (Lipinski definition) is 3. The maximum atomic E-state index is 10.4. The van der Waals surface area contributed by atoms with Gasteiger partial charge in [0.15, 0.2) is 0 Å². The Kier molecular flexibility index (Phi) is 4.04. The predicted molar refractivity (Wildman–Crippen MR) is 60.2 cm³/mol. The Morgan fingerprint density at radius 2 is 2.25 bits per heavy atom. The van der Waals surface area contributed by atoms with Gasteiger partial charge in [-0.2, -0.15) is 0 Å². The molecule has 0 aromatic heterocycles.